The maximum Gasteiger partial charge on any atom is 0.272 e. The fourth-order valence-corrected chi connectivity index (χ4v) is 4.66. The molecular weight excluding hydrogens is 424 g/mol. The van der Waals surface area contributed by atoms with Crippen molar-refractivity contribution in [1.82, 2.24) is 29.4 Å². The van der Waals surface area contributed by atoms with E-state index in [9.17, 15) is 4.79 Å². The Morgan fingerprint density at radius 2 is 1.74 bits per heavy atom. The summed E-state index contributed by atoms with van der Waals surface area (Å²) in [6.45, 7) is 5.15. The number of amides is 1. The molecule has 34 heavy (non-hydrogen) atoms. The third-order valence-corrected chi connectivity index (χ3v) is 6.32. The first-order valence-corrected chi connectivity index (χ1v) is 11.3. The van der Waals surface area contributed by atoms with Crippen molar-refractivity contribution in [2.24, 2.45) is 0 Å². The summed E-state index contributed by atoms with van der Waals surface area (Å²) in [5, 5.41) is 12.2. The van der Waals surface area contributed by atoms with Crippen LogP contribution in [0.4, 0.5) is 0 Å². The van der Waals surface area contributed by atoms with Gasteiger partial charge in [-0.15, -0.1) is 0 Å². The highest BCUT2D eigenvalue weighted by atomic mass is 16.2. The lowest BCUT2D eigenvalue weighted by Crippen LogP contribution is -2.26. The molecule has 0 aliphatic carbocycles. The molecule has 7 nitrogen and oxygen atoms in total. The largest absolute Gasteiger partial charge is 0.327 e. The molecule has 1 aliphatic rings. The third kappa shape index (κ3) is 3.33. The van der Waals surface area contributed by atoms with E-state index in [-0.39, 0.29) is 5.91 Å². The zero-order chi connectivity index (χ0) is 23.2. The molecule has 0 saturated heterocycles. The number of nitrogens with one attached hydrogen (secondary N) is 1. The first kappa shape index (κ1) is 20.2. The molecule has 4 heterocycles. The smallest absolute Gasteiger partial charge is 0.272 e. The van der Waals surface area contributed by atoms with E-state index in [2.05, 4.69) is 46.8 Å². The molecule has 6 rings (SSSR count). The number of hydrogen-bond donors (Lipinski definition) is 1. The number of hydrogen-bond acceptors (Lipinski definition) is 3. The Morgan fingerprint density at radius 3 is 2.50 bits per heavy atom. The monoisotopic (exact) mass is 448 g/mol. The Morgan fingerprint density at radius 1 is 0.941 bits per heavy atom. The van der Waals surface area contributed by atoms with Crippen molar-refractivity contribution in [3.05, 3.63) is 107 Å². The normalized spacial score (nSPS) is 12.8. The molecule has 7 heteroatoms. The summed E-state index contributed by atoms with van der Waals surface area (Å²) in [7, 11) is 0. The fourth-order valence-electron chi connectivity index (χ4n) is 4.66. The standard InChI is InChI=1S/C27H24N6O/c1-18-10-11-25(19(2)14-18)33-26(31-12-6-7-13-31)21-16-32(17-24(21)30-33)27(34)23-15-22(28-29-23)20-8-4-3-5-9-20/h3-15H,16-17H2,1-2H3,(H,28,29). The molecule has 0 atom stereocenters. The number of fused-ring (bicyclic) bond motifs is 1. The van der Waals surface area contributed by atoms with E-state index in [1.165, 1.54) is 5.56 Å². The van der Waals surface area contributed by atoms with E-state index in [4.69, 9.17) is 5.10 Å². The number of aryl methyl sites for hydroxylation is 2. The van der Waals surface area contributed by atoms with Gasteiger partial charge in [0, 0.05) is 23.5 Å². The van der Waals surface area contributed by atoms with E-state index in [1.807, 2.05) is 70.5 Å². The van der Waals surface area contributed by atoms with Crippen LogP contribution in [0.2, 0.25) is 0 Å². The van der Waals surface area contributed by atoms with Crippen LogP contribution in [0.3, 0.4) is 0 Å². The highest BCUT2D eigenvalue weighted by Gasteiger charge is 2.32. The van der Waals surface area contributed by atoms with Gasteiger partial charge in [-0.2, -0.15) is 10.2 Å². The van der Waals surface area contributed by atoms with Crippen LogP contribution < -0.4 is 0 Å². The molecule has 0 bridgehead atoms. The lowest BCUT2D eigenvalue weighted by Gasteiger charge is -2.17. The molecule has 0 saturated carbocycles. The molecule has 168 valence electrons. The maximum absolute atomic E-state index is 13.3. The second kappa shape index (κ2) is 7.88. The fraction of sp³-hybridized carbons (Fsp3) is 0.148. The first-order valence-electron chi connectivity index (χ1n) is 11.3. The van der Waals surface area contributed by atoms with Crippen LogP contribution in [0.15, 0.2) is 79.1 Å². The molecule has 0 radical (unpaired) electrons. The van der Waals surface area contributed by atoms with Crippen molar-refractivity contribution >= 4 is 5.91 Å². The SMILES string of the molecule is Cc1ccc(-n2nc3c(c2-n2cccc2)CN(C(=O)c2cc(-c4ccccc4)n[nH]2)C3)c(C)c1. The molecule has 3 aromatic heterocycles. The Bertz CT molecular complexity index is 1490. The number of carbonyl (C=O) groups is 1. The summed E-state index contributed by atoms with van der Waals surface area (Å²) in [5.41, 5.74) is 7.61. The van der Waals surface area contributed by atoms with Gasteiger partial charge in [-0.25, -0.2) is 4.68 Å². The quantitative estimate of drug-likeness (QED) is 0.428. The minimum Gasteiger partial charge on any atom is -0.327 e. The Hall–Kier alpha value is -4.39. The van der Waals surface area contributed by atoms with Gasteiger partial charge in [-0.05, 0) is 43.7 Å². The van der Waals surface area contributed by atoms with Crippen LogP contribution in [0.5, 0.6) is 0 Å². The van der Waals surface area contributed by atoms with E-state index in [0.717, 1.165) is 39.6 Å². The van der Waals surface area contributed by atoms with E-state index in [1.54, 1.807) is 0 Å². The van der Waals surface area contributed by atoms with Crippen molar-refractivity contribution in [3.63, 3.8) is 0 Å². The summed E-state index contributed by atoms with van der Waals surface area (Å²) in [6, 6.07) is 22.0. The van der Waals surface area contributed by atoms with Crippen LogP contribution in [-0.4, -0.2) is 35.4 Å². The molecule has 0 fully saturated rings. The Labute approximate surface area is 197 Å². The summed E-state index contributed by atoms with van der Waals surface area (Å²) in [5.74, 6) is 0.890. The van der Waals surface area contributed by atoms with Gasteiger partial charge < -0.3 is 9.47 Å². The van der Waals surface area contributed by atoms with Gasteiger partial charge in [-0.3, -0.25) is 9.89 Å². The van der Waals surface area contributed by atoms with Gasteiger partial charge in [-0.1, -0.05) is 48.0 Å². The molecule has 5 aromatic rings. The predicted molar refractivity (Wildman–Crippen MR) is 130 cm³/mol. The van der Waals surface area contributed by atoms with E-state index in [0.29, 0.717) is 18.8 Å². The predicted octanol–water partition coefficient (Wildman–Crippen LogP) is 4.83. The number of aromatic amines is 1. The van der Waals surface area contributed by atoms with Crippen LogP contribution in [0.25, 0.3) is 22.8 Å². The van der Waals surface area contributed by atoms with Gasteiger partial charge in [0.15, 0.2) is 0 Å². The number of nitrogens with zero attached hydrogens (tertiary/aromatic N) is 5. The van der Waals surface area contributed by atoms with Crippen LogP contribution in [0, 0.1) is 13.8 Å². The second-order valence-electron chi connectivity index (χ2n) is 8.74. The average Bonchev–Trinajstić information content (AvgIpc) is 3.63. The van der Waals surface area contributed by atoms with Gasteiger partial charge >= 0.3 is 0 Å². The maximum atomic E-state index is 13.3. The molecule has 0 unspecified atom stereocenters. The molecular formula is C27H24N6O. The molecule has 0 spiro atoms. The van der Waals surface area contributed by atoms with Crippen molar-refractivity contribution in [2.75, 3.05) is 0 Å². The van der Waals surface area contributed by atoms with Crippen LogP contribution in [-0.2, 0) is 13.1 Å². The lowest BCUT2D eigenvalue weighted by atomic mass is 10.1. The van der Waals surface area contributed by atoms with Gasteiger partial charge in [0.25, 0.3) is 5.91 Å². The Kier molecular flexibility index (Phi) is 4.69. The van der Waals surface area contributed by atoms with Crippen LogP contribution >= 0.6 is 0 Å². The summed E-state index contributed by atoms with van der Waals surface area (Å²) >= 11 is 0. The van der Waals surface area contributed by atoms with E-state index >= 15 is 0 Å². The van der Waals surface area contributed by atoms with Gasteiger partial charge in [0.1, 0.15) is 11.5 Å². The minimum atomic E-state index is -0.0794. The average molecular weight is 449 g/mol. The zero-order valence-corrected chi connectivity index (χ0v) is 19.1. The summed E-state index contributed by atoms with van der Waals surface area (Å²) in [6.07, 6.45) is 4.03. The number of rotatable bonds is 4. The Balaban J connectivity index is 1.34. The number of aromatic nitrogens is 5. The molecule has 1 amide bonds. The van der Waals surface area contributed by atoms with Crippen molar-refractivity contribution in [3.8, 4) is 22.8 Å². The molecule has 2 aromatic carbocycles. The second-order valence-corrected chi connectivity index (χ2v) is 8.74. The highest BCUT2D eigenvalue weighted by Crippen LogP contribution is 2.32. The number of carbonyl (C=O) groups excluding carboxylic acids is 1. The third-order valence-electron chi connectivity index (χ3n) is 6.32. The summed E-state index contributed by atoms with van der Waals surface area (Å²) in [4.78, 5) is 15.1. The van der Waals surface area contributed by atoms with Gasteiger partial charge in [0.2, 0.25) is 0 Å². The first-order chi connectivity index (χ1) is 16.6. The van der Waals surface area contributed by atoms with Crippen LogP contribution in [0.1, 0.15) is 32.9 Å². The topological polar surface area (TPSA) is 71.7 Å². The molecule has 1 aliphatic heterocycles. The van der Waals surface area contributed by atoms with Crippen molar-refractivity contribution < 1.29 is 4.79 Å². The van der Waals surface area contributed by atoms with Crippen molar-refractivity contribution in [1.29, 1.82) is 0 Å². The number of benzene rings is 2. The number of H-pyrrole nitrogens is 1. The zero-order valence-electron chi connectivity index (χ0n) is 19.1. The van der Waals surface area contributed by atoms with Gasteiger partial charge in [0.05, 0.1) is 30.2 Å². The van der Waals surface area contributed by atoms with Crippen molar-refractivity contribution in [2.45, 2.75) is 26.9 Å². The lowest BCUT2D eigenvalue weighted by molar-refractivity contribution is 0.0743. The van der Waals surface area contributed by atoms with E-state index < -0.39 is 0 Å². The summed E-state index contributed by atoms with van der Waals surface area (Å²) < 4.78 is 4.08. The molecule has 1 N–H and O–H groups in total. The highest BCUT2D eigenvalue weighted by molar-refractivity contribution is 5.93. The minimum absolute atomic E-state index is 0.0794.